The summed E-state index contributed by atoms with van der Waals surface area (Å²) >= 11 is 0. The Morgan fingerprint density at radius 1 is 1.16 bits per heavy atom. The van der Waals surface area contributed by atoms with Crippen LogP contribution in [0.25, 0.3) is 0 Å². The first kappa shape index (κ1) is 14.1. The van der Waals surface area contributed by atoms with Gasteiger partial charge in [-0.2, -0.15) is 0 Å². The van der Waals surface area contributed by atoms with Crippen LogP contribution in [0.1, 0.15) is 11.1 Å². The topological polar surface area (TPSA) is 63.4 Å². The number of hydrogen-bond donors (Lipinski definition) is 1. The average molecular weight is 278 g/mol. The largest absolute Gasteiger partial charge is 0.320 e. The van der Waals surface area contributed by atoms with Gasteiger partial charge in [-0.15, -0.1) is 0 Å². The van der Waals surface area contributed by atoms with Gasteiger partial charge in [0.1, 0.15) is 0 Å². The summed E-state index contributed by atoms with van der Waals surface area (Å²) in [6, 6.07) is 8.00. The minimum absolute atomic E-state index is 0.271. The van der Waals surface area contributed by atoms with Crippen molar-refractivity contribution >= 4 is 9.84 Å². The molecule has 2 N–H and O–H groups in total. The fourth-order valence-corrected chi connectivity index (χ4v) is 3.29. The highest BCUT2D eigenvalue weighted by Gasteiger charge is 2.21. The Balaban J connectivity index is 1.93. The number of nitrogens with zero attached hydrogens (tertiary/aromatic N) is 1. The Kier molecular flexibility index (Phi) is 4.59. The van der Waals surface area contributed by atoms with Gasteiger partial charge in [0.15, 0.2) is 9.84 Å². The molecule has 0 radical (unpaired) electrons. The van der Waals surface area contributed by atoms with Crippen molar-refractivity contribution in [2.45, 2.75) is 6.54 Å². The third-order valence-electron chi connectivity index (χ3n) is 3.13. The zero-order valence-corrected chi connectivity index (χ0v) is 11.6. The van der Waals surface area contributed by atoms with Gasteiger partial charge in [-0.3, -0.25) is 4.90 Å². The second-order valence-corrected chi connectivity index (χ2v) is 6.93. The molecular weight excluding hydrogens is 260 g/mol. The smallest absolute Gasteiger partial charge is 0.152 e. The van der Waals surface area contributed by atoms with E-state index in [9.17, 15) is 8.42 Å². The Morgan fingerprint density at radius 3 is 2.37 bits per heavy atom. The van der Waals surface area contributed by atoms with E-state index in [1.807, 2.05) is 24.3 Å². The molecule has 0 aromatic heterocycles. The number of benzene rings is 1. The third-order valence-corrected chi connectivity index (χ3v) is 4.74. The van der Waals surface area contributed by atoms with Gasteiger partial charge in [0, 0.05) is 25.2 Å². The highest BCUT2D eigenvalue weighted by atomic mass is 32.2. The summed E-state index contributed by atoms with van der Waals surface area (Å²) in [4.78, 5) is 2.17. The van der Waals surface area contributed by atoms with Crippen LogP contribution in [0.2, 0.25) is 0 Å². The number of rotatable bonds is 2. The van der Waals surface area contributed by atoms with Crippen molar-refractivity contribution in [2.24, 2.45) is 5.73 Å². The van der Waals surface area contributed by atoms with Crippen LogP contribution in [0.15, 0.2) is 24.3 Å². The second-order valence-electron chi connectivity index (χ2n) is 4.63. The highest BCUT2D eigenvalue weighted by molar-refractivity contribution is 7.91. The minimum atomic E-state index is -2.80. The van der Waals surface area contributed by atoms with Crippen LogP contribution in [0.5, 0.6) is 0 Å². The van der Waals surface area contributed by atoms with Crippen molar-refractivity contribution in [3.05, 3.63) is 35.4 Å². The molecule has 1 saturated heterocycles. The van der Waals surface area contributed by atoms with Crippen LogP contribution >= 0.6 is 0 Å². The van der Waals surface area contributed by atoms with Crippen molar-refractivity contribution in [3.8, 4) is 11.8 Å². The van der Waals surface area contributed by atoms with Crippen LogP contribution in [-0.2, 0) is 16.4 Å². The van der Waals surface area contributed by atoms with Crippen LogP contribution in [-0.4, -0.2) is 44.5 Å². The van der Waals surface area contributed by atoms with Crippen molar-refractivity contribution < 1.29 is 8.42 Å². The van der Waals surface area contributed by atoms with E-state index < -0.39 is 9.84 Å². The van der Waals surface area contributed by atoms with E-state index in [0.29, 0.717) is 19.6 Å². The molecule has 1 aromatic rings. The molecule has 0 atom stereocenters. The van der Waals surface area contributed by atoms with E-state index in [-0.39, 0.29) is 11.5 Å². The fourth-order valence-electron chi connectivity index (χ4n) is 2.01. The van der Waals surface area contributed by atoms with Crippen molar-refractivity contribution in [3.63, 3.8) is 0 Å². The zero-order chi connectivity index (χ0) is 13.7. The summed E-state index contributed by atoms with van der Waals surface area (Å²) in [7, 11) is -2.80. The Labute approximate surface area is 114 Å². The first-order valence-electron chi connectivity index (χ1n) is 6.30. The van der Waals surface area contributed by atoms with Gasteiger partial charge in [0.25, 0.3) is 0 Å². The van der Waals surface area contributed by atoms with Gasteiger partial charge in [0.05, 0.1) is 18.1 Å². The molecular formula is C14H18N2O2S. The van der Waals surface area contributed by atoms with E-state index in [2.05, 4.69) is 16.7 Å². The molecule has 0 aliphatic carbocycles. The van der Waals surface area contributed by atoms with Crippen molar-refractivity contribution in [1.29, 1.82) is 0 Å². The molecule has 0 unspecified atom stereocenters. The van der Waals surface area contributed by atoms with Crippen LogP contribution < -0.4 is 5.73 Å². The lowest BCUT2D eigenvalue weighted by Gasteiger charge is -2.26. The van der Waals surface area contributed by atoms with Gasteiger partial charge in [-0.1, -0.05) is 24.0 Å². The van der Waals surface area contributed by atoms with Crippen LogP contribution in [0.3, 0.4) is 0 Å². The van der Waals surface area contributed by atoms with E-state index in [1.54, 1.807) is 0 Å². The number of sulfone groups is 1. The summed E-state index contributed by atoms with van der Waals surface area (Å²) < 4.78 is 22.7. The maximum Gasteiger partial charge on any atom is 0.152 e. The molecule has 0 amide bonds. The van der Waals surface area contributed by atoms with E-state index in [0.717, 1.165) is 12.1 Å². The molecule has 5 heteroatoms. The lowest BCUT2D eigenvalue weighted by Crippen LogP contribution is -2.39. The van der Waals surface area contributed by atoms with Crippen LogP contribution in [0.4, 0.5) is 0 Å². The third kappa shape index (κ3) is 4.35. The molecule has 1 heterocycles. The van der Waals surface area contributed by atoms with Gasteiger partial charge in [0.2, 0.25) is 0 Å². The van der Waals surface area contributed by atoms with Crippen LogP contribution in [0, 0.1) is 11.8 Å². The summed E-state index contributed by atoms with van der Waals surface area (Å²) in [5, 5.41) is 0. The fraction of sp³-hybridized carbons (Fsp3) is 0.429. The quantitative estimate of drug-likeness (QED) is 0.787. The molecule has 2 rings (SSSR count). The van der Waals surface area contributed by atoms with Crippen molar-refractivity contribution in [2.75, 3.05) is 31.1 Å². The summed E-state index contributed by atoms with van der Waals surface area (Å²) in [5.41, 5.74) is 7.45. The maximum absolute atomic E-state index is 11.3. The van der Waals surface area contributed by atoms with E-state index in [1.165, 1.54) is 5.56 Å². The van der Waals surface area contributed by atoms with Gasteiger partial charge < -0.3 is 5.73 Å². The normalized spacial score (nSPS) is 18.6. The first-order valence-corrected chi connectivity index (χ1v) is 8.12. The summed E-state index contributed by atoms with van der Waals surface area (Å²) in [6.45, 7) is 2.40. The van der Waals surface area contributed by atoms with Gasteiger partial charge >= 0.3 is 0 Å². The molecule has 1 fully saturated rings. The average Bonchev–Trinajstić information content (AvgIpc) is 2.40. The Morgan fingerprint density at radius 2 is 1.79 bits per heavy atom. The molecule has 0 bridgehead atoms. The Hall–Kier alpha value is -1.35. The monoisotopic (exact) mass is 278 g/mol. The van der Waals surface area contributed by atoms with Gasteiger partial charge in [-0.25, -0.2) is 8.42 Å². The predicted molar refractivity (Wildman–Crippen MR) is 76.3 cm³/mol. The molecule has 0 spiro atoms. The maximum atomic E-state index is 11.3. The van der Waals surface area contributed by atoms with E-state index in [4.69, 9.17) is 5.73 Å². The zero-order valence-electron chi connectivity index (χ0n) is 10.8. The number of hydrogen-bond acceptors (Lipinski definition) is 4. The molecule has 1 aliphatic rings. The molecule has 1 aromatic carbocycles. The number of nitrogens with two attached hydrogens (primary N) is 1. The molecule has 4 nitrogen and oxygen atoms in total. The Bertz CT molecular complexity index is 568. The van der Waals surface area contributed by atoms with E-state index >= 15 is 0 Å². The predicted octanol–water partition coefficient (Wildman–Crippen LogP) is 0.227. The standard InChI is InChI=1S/C14H18N2O2S/c15-7-1-2-13-3-5-14(6-4-13)12-16-8-10-19(17,18)11-9-16/h3-6H,7-12,15H2. The lowest BCUT2D eigenvalue weighted by molar-refractivity contribution is 0.287. The SMILES string of the molecule is NCC#Cc1ccc(CN2CCS(=O)(=O)CC2)cc1. The molecule has 1 aliphatic heterocycles. The lowest BCUT2D eigenvalue weighted by atomic mass is 10.1. The summed E-state index contributed by atoms with van der Waals surface area (Å²) in [5.74, 6) is 6.33. The highest BCUT2D eigenvalue weighted by Crippen LogP contribution is 2.10. The molecule has 102 valence electrons. The summed E-state index contributed by atoms with van der Waals surface area (Å²) in [6.07, 6.45) is 0. The van der Waals surface area contributed by atoms with Crippen molar-refractivity contribution in [1.82, 2.24) is 4.90 Å². The van der Waals surface area contributed by atoms with Gasteiger partial charge in [-0.05, 0) is 17.7 Å². The second kappa shape index (κ2) is 6.20. The molecule has 0 saturated carbocycles. The first-order chi connectivity index (χ1) is 9.09. The molecule has 19 heavy (non-hydrogen) atoms. The minimum Gasteiger partial charge on any atom is -0.320 e.